The molecule has 1 aromatic carbocycles. The molecule has 0 amide bonds. The fraction of sp³-hybridized carbons (Fsp3) is 0.286. The van der Waals surface area contributed by atoms with Crippen LogP contribution in [0.4, 0.5) is 0 Å². The molecule has 1 heterocycles. The van der Waals surface area contributed by atoms with Gasteiger partial charge < -0.3 is 10.2 Å². The lowest BCUT2D eigenvalue weighted by atomic mass is 10.1. The molecule has 2 rings (SSSR count). The Morgan fingerprint density at radius 3 is 2.50 bits per heavy atom. The summed E-state index contributed by atoms with van der Waals surface area (Å²) in [5.74, 6) is 0.577. The van der Waals surface area contributed by atoms with E-state index in [-0.39, 0.29) is 11.4 Å². The van der Waals surface area contributed by atoms with Gasteiger partial charge in [-0.2, -0.15) is 0 Å². The van der Waals surface area contributed by atoms with Crippen LogP contribution in [0.2, 0.25) is 0 Å². The molecular formula is C14H18N2O3S. The summed E-state index contributed by atoms with van der Waals surface area (Å²) in [5.41, 5.74) is 6.53. The summed E-state index contributed by atoms with van der Waals surface area (Å²) in [4.78, 5) is 0.251. The number of nitrogens with one attached hydrogen (secondary N) is 1. The summed E-state index contributed by atoms with van der Waals surface area (Å²) in [5, 5.41) is 0. The normalized spacial score (nSPS) is 11.7. The van der Waals surface area contributed by atoms with Crippen molar-refractivity contribution in [3.8, 4) is 0 Å². The minimum Gasteiger partial charge on any atom is -0.468 e. The lowest BCUT2D eigenvalue weighted by Gasteiger charge is -2.06. The first-order valence-electron chi connectivity index (χ1n) is 6.43. The van der Waals surface area contributed by atoms with Crippen molar-refractivity contribution < 1.29 is 12.8 Å². The van der Waals surface area contributed by atoms with Crippen LogP contribution in [0, 0.1) is 0 Å². The van der Waals surface area contributed by atoms with Gasteiger partial charge in [0.2, 0.25) is 10.0 Å². The third-order valence-corrected chi connectivity index (χ3v) is 4.34. The zero-order valence-corrected chi connectivity index (χ0v) is 11.9. The molecule has 0 atom stereocenters. The lowest BCUT2D eigenvalue weighted by Crippen LogP contribution is -2.23. The highest BCUT2D eigenvalue weighted by Crippen LogP contribution is 2.12. The molecule has 0 fully saturated rings. The average Bonchev–Trinajstić information content (AvgIpc) is 2.97. The summed E-state index contributed by atoms with van der Waals surface area (Å²) < 4.78 is 31.7. The van der Waals surface area contributed by atoms with Gasteiger partial charge in [-0.25, -0.2) is 13.1 Å². The Bertz CT molecular complexity index is 619. The first-order valence-corrected chi connectivity index (χ1v) is 7.91. The Morgan fingerprint density at radius 1 is 1.15 bits per heavy atom. The second kappa shape index (κ2) is 6.69. The van der Waals surface area contributed by atoms with Crippen LogP contribution in [-0.2, 0) is 23.0 Å². The zero-order chi connectivity index (χ0) is 14.4. The third kappa shape index (κ3) is 3.93. The maximum atomic E-state index is 12.1. The van der Waals surface area contributed by atoms with Crippen LogP contribution in [0.1, 0.15) is 17.7 Å². The molecule has 2 aromatic rings. The molecule has 6 heteroatoms. The van der Waals surface area contributed by atoms with Crippen LogP contribution in [-0.4, -0.2) is 15.0 Å². The van der Waals surface area contributed by atoms with E-state index < -0.39 is 10.0 Å². The highest BCUT2D eigenvalue weighted by atomic mass is 32.2. The Hall–Kier alpha value is -1.63. The summed E-state index contributed by atoms with van der Waals surface area (Å²) in [6.07, 6.45) is 3.26. The van der Waals surface area contributed by atoms with Crippen LogP contribution in [0.25, 0.3) is 0 Å². The Labute approximate surface area is 118 Å². The van der Waals surface area contributed by atoms with Crippen molar-refractivity contribution in [2.45, 2.75) is 24.3 Å². The standard InChI is InChI=1S/C14H18N2O3S/c15-9-1-3-12-5-7-14(8-6-12)20(17,18)16-11-13-4-2-10-19-13/h2,4-8,10,16H,1,3,9,11,15H2. The number of aryl methyl sites for hydroxylation is 1. The highest BCUT2D eigenvalue weighted by Gasteiger charge is 2.13. The Morgan fingerprint density at radius 2 is 1.90 bits per heavy atom. The quantitative estimate of drug-likeness (QED) is 0.813. The fourth-order valence-electron chi connectivity index (χ4n) is 1.80. The summed E-state index contributed by atoms with van der Waals surface area (Å²) >= 11 is 0. The molecule has 0 aliphatic rings. The van der Waals surface area contributed by atoms with Crippen LogP contribution in [0.5, 0.6) is 0 Å². The second-order valence-corrected chi connectivity index (χ2v) is 6.21. The molecule has 0 saturated heterocycles. The number of rotatable bonds is 7. The van der Waals surface area contributed by atoms with Crippen molar-refractivity contribution in [1.82, 2.24) is 4.72 Å². The van der Waals surface area contributed by atoms with Gasteiger partial charge >= 0.3 is 0 Å². The molecular weight excluding hydrogens is 276 g/mol. The molecule has 5 nitrogen and oxygen atoms in total. The van der Waals surface area contributed by atoms with E-state index in [4.69, 9.17) is 10.2 Å². The molecule has 108 valence electrons. The summed E-state index contributed by atoms with van der Waals surface area (Å²) in [6.45, 7) is 0.773. The Balaban J connectivity index is 2.01. The monoisotopic (exact) mass is 294 g/mol. The molecule has 0 bridgehead atoms. The zero-order valence-electron chi connectivity index (χ0n) is 11.1. The number of nitrogens with two attached hydrogens (primary N) is 1. The van der Waals surface area contributed by atoms with Crippen LogP contribution < -0.4 is 10.5 Å². The largest absolute Gasteiger partial charge is 0.468 e. The van der Waals surface area contributed by atoms with Gasteiger partial charge in [-0.15, -0.1) is 0 Å². The predicted molar refractivity (Wildman–Crippen MR) is 76.6 cm³/mol. The molecule has 1 aromatic heterocycles. The van der Waals surface area contributed by atoms with E-state index in [0.717, 1.165) is 18.4 Å². The molecule has 0 saturated carbocycles. The first kappa shape index (κ1) is 14.8. The average molecular weight is 294 g/mol. The number of hydrogen-bond donors (Lipinski definition) is 2. The van der Waals surface area contributed by atoms with Crippen molar-refractivity contribution in [1.29, 1.82) is 0 Å². The van der Waals surface area contributed by atoms with Crippen LogP contribution >= 0.6 is 0 Å². The van der Waals surface area contributed by atoms with Crippen molar-refractivity contribution in [3.05, 3.63) is 54.0 Å². The minimum absolute atomic E-state index is 0.143. The molecule has 20 heavy (non-hydrogen) atoms. The third-order valence-electron chi connectivity index (χ3n) is 2.92. The van der Waals surface area contributed by atoms with E-state index in [1.807, 2.05) is 12.1 Å². The number of hydrogen-bond acceptors (Lipinski definition) is 4. The van der Waals surface area contributed by atoms with Gasteiger partial charge in [0.25, 0.3) is 0 Å². The van der Waals surface area contributed by atoms with E-state index >= 15 is 0 Å². The Kier molecular flexibility index (Phi) is 4.94. The summed E-state index contributed by atoms with van der Waals surface area (Å²) in [6, 6.07) is 10.3. The number of sulfonamides is 1. The van der Waals surface area contributed by atoms with Crippen molar-refractivity contribution in [3.63, 3.8) is 0 Å². The van der Waals surface area contributed by atoms with Gasteiger partial charge in [0, 0.05) is 0 Å². The summed E-state index contributed by atoms with van der Waals surface area (Å²) in [7, 11) is -3.51. The highest BCUT2D eigenvalue weighted by molar-refractivity contribution is 7.89. The van der Waals surface area contributed by atoms with E-state index in [9.17, 15) is 8.42 Å². The van der Waals surface area contributed by atoms with Gasteiger partial charge in [-0.1, -0.05) is 12.1 Å². The smallest absolute Gasteiger partial charge is 0.240 e. The minimum atomic E-state index is -3.51. The number of furan rings is 1. The SMILES string of the molecule is NCCCc1ccc(S(=O)(=O)NCc2ccco2)cc1. The van der Waals surface area contributed by atoms with Gasteiger partial charge in [-0.3, -0.25) is 0 Å². The van der Waals surface area contributed by atoms with E-state index in [2.05, 4.69) is 4.72 Å². The topological polar surface area (TPSA) is 85.3 Å². The van der Waals surface area contributed by atoms with Gasteiger partial charge in [0.05, 0.1) is 17.7 Å². The van der Waals surface area contributed by atoms with Crippen LogP contribution in [0.15, 0.2) is 52.0 Å². The maximum absolute atomic E-state index is 12.1. The van der Waals surface area contributed by atoms with E-state index in [1.54, 1.807) is 24.3 Å². The molecule has 0 aliphatic heterocycles. The first-order chi connectivity index (χ1) is 9.62. The van der Waals surface area contributed by atoms with E-state index in [0.29, 0.717) is 12.3 Å². The van der Waals surface area contributed by atoms with Crippen molar-refractivity contribution >= 4 is 10.0 Å². The molecule has 0 radical (unpaired) electrons. The fourth-order valence-corrected chi connectivity index (χ4v) is 2.80. The van der Waals surface area contributed by atoms with Crippen molar-refractivity contribution in [2.24, 2.45) is 5.73 Å². The number of benzene rings is 1. The van der Waals surface area contributed by atoms with Gasteiger partial charge in [0.15, 0.2) is 0 Å². The molecule has 0 unspecified atom stereocenters. The van der Waals surface area contributed by atoms with E-state index in [1.165, 1.54) is 6.26 Å². The maximum Gasteiger partial charge on any atom is 0.240 e. The van der Waals surface area contributed by atoms with Crippen LogP contribution in [0.3, 0.4) is 0 Å². The second-order valence-electron chi connectivity index (χ2n) is 4.44. The van der Waals surface area contributed by atoms with Gasteiger partial charge in [-0.05, 0) is 49.2 Å². The molecule has 0 spiro atoms. The molecule has 0 aliphatic carbocycles. The van der Waals surface area contributed by atoms with Gasteiger partial charge in [0.1, 0.15) is 5.76 Å². The van der Waals surface area contributed by atoms with Crippen molar-refractivity contribution in [2.75, 3.05) is 6.54 Å². The predicted octanol–water partition coefficient (Wildman–Crippen LogP) is 1.65. The lowest BCUT2D eigenvalue weighted by molar-refractivity contribution is 0.498. The molecule has 3 N–H and O–H groups in total.